The van der Waals surface area contributed by atoms with E-state index in [9.17, 15) is 4.79 Å². The molecule has 0 unspecified atom stereocenters. The van der Waals surface area contributed by atoms with Crippen molar-refractivity contribution in [2.45, 2.75) is 13.3 Å². The predicted molar refractivity (Wildman–Crippen MR) is 90.9 cm³/mol. The molecule has 0 aliphatic rings. The first-order chi connectivity index (χ1) is 10.5. The van der Waals surface area contributed by atoms with Crippen LogP contribution in [0, 0.1) is 6.92 Å². The van der Waals surface area contributed by atoms with Crippen molar-refractivity contribution in [1.29, 1.82) is 0 Å². The number of carbonyl (C=O) groups is 1. The number of carbonyl (C=O) groups excluding carboxylic acids is 1. The van der Waals surface area contributed by atoms with E-state index >= 15 is 0 Å². The van der Waals surface area contributed by atoms with Crippen LogP contribution in [0.3, 0.4) is 0 Å². The number of hydrogen-bond donors (Lipinski definition) is 0. The van der Waals surface area contributed by atoms with E-state index in [1.807, 2.05) is 37.3 Å². The largest absolute Gasteiger partial charge is 0.496 e. The van der Waals surface area contributed by atoms with Crippen LogP contribution in [0.5, 0.6) is 5.75 Å². The summed E-state index contributed by atoms with van der Waals surface area (Å²) in [6.45, 7) is 2.56. The fourth-order valence-electron chi connectivity index (χ4n) is 2.33. The molecule has 2 aromatic rings. The fourth-order valence-corrected chi connectivity index (χ4v) is 2.87. The molecule has 4 heteroatoms. The summed E-state index contributed by atoms with van der Waals surface area (Å²) in [7, 11) is 3.30. The van der Waals surface area contributed by atoms with Gasteiger partial charge < -0.3 is 9.47 Å². The number of aryl methyl sites for hydroxylation is 1. The predicted octanol–water partition coefficient (Wildman–Crippen LogP) is 4.19. The Morgan fingerprint density at radius 2 is 1.86 bits per heavy atom. The van der Waals surface area contributed by atoms with Gasteiger partial charge in [0.05, 0.1) is 13.7 Å². The van der Waals surface area contributed by atoms with Crippen LogP contribution in [0.15, 0.2) is 40.9 Å². The standard InChI is InChI=1S/C18H19BrO3/c1-12-8-14(4-5-17(12)22-3)18(20)15-9-13(6-7-21-2)10-16(19)11-15/h4-5,8-11H,6-7H2,1-3H3. The van der Waals surface area contributed by atoms with Gasteiger partial charge in [0.15, 0.2) is 5.78 Å². The van der Waals surface area contributed by atoms with Crippen LogP contribution in [0.4, 0.5) is 0 Å². The summed E-state index contributed by atoms with van der Waals surface area (Å²) < 4.78 is 11.2. The number of halogens is 1. The van der Waals surface area contributed by atoms with E-state index in [2.05, 4.69) is 15.9 Å². The van der Waals surface area contributed by atoms with Crippen molar-refractivity contribution in [3.8, 4) is 5.75 Å². The molecule has 0 radical (unpaired) electrons. The van der Waals surface area contributed by atoms with Gasteiger partial charge in [0.1, 0.15) is 5.75 Å². The van der Waals surface area contributed by atoms with Crippen molar-refractivity contribution in [1.82, 2.24) is 0 Å². The zero-order valence-corrected chi connectivity index (χ0v) is 14.6. The maximum Gasteiger partial charge on any atom is 0.193 e. The normalized spacial score (nSPS) is 10.5. The average molecular weight is 363 g/mol. The molecule has 0 bridgehead atoms. The summed E-state index contributed by atoms with van der Waals surface area (Å²) in [4.78, 5) is 12.7. The van der Waals surface area contributed by atoms with Crippen molar-refractivity contribution in [3.05, 3.63) is 63.1 Å². The van der Waals surface area contributed by atoms with Crippen molar-refractivity contribution in [2.24, 2.45) is 0 Å². The van der Waals surface area contributed by atoms with Gasteiger partial charge >= 0.3 is 0 Å². The maximum absolute atomic E-state index is 12.7. The van der Waals surface area contributed by atoms with Crippen LogP contribution in [-0.4, -0.2) is 26.6 Å². The molecule has 0 saturated carbocycles. The van der Waals surface area contributed by atoms with E-state index < -0.39 is 0 Å². The third-order valence-electron chi connectivity index (χ3n) is 3.47. The van der Waals surface area contributed by atoms with Crippen LogP contribution in [0.25, 0.3) is 0 Å². The molecule has 116 valence electrons. The molecule has 0 atom stereocenters. The first-order valence-corrected chi connectivity index (χ1v) is 7.82. The SMILES string of the molecule is COCCc1cc(Br)cc(C(=O)c2ccc(OC)c(C)c2)c1. The molecule has 0 N–H and O–H groups in total. The Labute approximate surface area is 139 Å². The highest BCUT2D eigenvalue weighted by molar-refractivity contribution is 9.10. The fraction of sp³-hybridized carbons (Fsp3) is 0.278. The van der Waals surface area contributed by atoms with Crippen molar-refractivity contribution in [3.63, 3.8) is 0 Å². The molecule has 0 aromatic heterocycles. The number of hydrogen-bond acceptors (Lipinski definition) is 3. The average Bonchev–Trinajstić information content (AvgIpc) is 2.51. The number of ketones is 1. The molecule has 0 fully saturated rings. The van der Waals surface area contributed by atoms with Crippen LogP contribution in [0.1, 0.15) is 27.0 Å². The Morgan fingerprint density at radius 1 is 1.09 bits per heavy atom. The topological polar surface area (TPSA) is 35.5 Å². The van der Waals surface area contributed by atoms with Crippen LogP contribution in [0.2, 0.25) is 0 Å². The zero-order chi connectivity index (χ0) is 16.1. The smallest absolute Gasteiger partial charge is 0.193 e. The number of methoxy groups -OCH3 is 2. The summed E-state index contributed by atoms with van der Waals surface area (Å²) >= 11 is 3.47. The minimum Gasteiger partial charge on any atom is -0.496 e. The van der Waals surface area contributed by atoms with E-state index in [1.54, 1.807) is 20.3 Å². The third kappa shape index (κ3) is 3.96. The summed E-state index contributed by atoms with van der Waals surface area (Å²) in [6, 6.07) is 11.3. The molecule has 0 aliphatic carbocycles. The highest BCUT2D eigenvalue weighted by Crippen LogP contribution is 2.23. The van der Waals surface area contributed by atoms with Gasteiger partial charge in [-0.15, -0.1) is 0 Å². The first kappa shape index (κ1) is 16.7. The van der Waals surface area contributed by atoms with Gasteiger partial charge in [-0.05, 0) is 60.9 Å². The Balaban J connectivity index is 2.32. The number of benzene rings is 2. The minimum atomic E-state index is 0.00530. The van der Waals surface area contributed by atoms with Gasteiger partial charge in [-0.1, -0.05) is 15.9 Å². The molecule has 0 saturated heterocycles. The zero-order valence-electron chi connectivity index (χ0n) is 13.0. The summed E-state index contributed by atoms with van der Waals surface area (Å²) in [5.41, 5.74) is 3.35. The van der Waals surface area contributed by atoms with Gasteiger partial charge in [0, 0.05) is 22.7 Å². The second kappa shape index (κ2) is 7.56. The molecular weight excluding hydrogens is 344 g/mol. The van der Waals surface area contributed by atoms with Crippen molar-refractivity contribution < 1.29 is 14.3 Å². The van der Waals surface area contributed by atoms with E-state index in [4.69, 9.17) is 9.47 Å². The molecule has 0 aliphatic heterocycles. The first-order valence-electron chi connectivity index (χ1n) is 7.03. The lowest BCUT2D eigenvalue weighted by molar-refractivity contribution is 0.103. The van der Waals surface area contributed by atoms with E-state index in [0.717, 1.165) is 27.8 Å². The Hall–Kier alpha value is -1.65. The lowest BCUT2D eigenvalue weighted by Crippen LogP contribution is -2.04. The second-order valence-corrected chi connectivity index (χ2v) is 6.02. The van der Waals surface area contributed by atoms with E-state index in [0.29, 0.717) is 17.7 Å². The molecule has 2 rings (SSSR count). The van der Waals surface area contributed by atoms with Crippen molar-refractivity contribution >= 4 is 21.7 Å². The number of ether oxygens (including phenoxy) is 2. The highest BCUT2D eigenvalue weighted by atomic mass is 79.9. The van der Waals surface area contributed by atoms with Crippen molar-refractivity contribution in [2.75, 3.05) is 20.8 Å². The van der Waals surface area contributed by atoms with Crippen LogP contribution in [-0.2, 0) is 11.2 Å². The molecular formula is C18H19BrO3. The highest BCUT2D eigenvalue weighted by Gasteiger charge is 2.12. The van der Waals surface area contributed by atoms with Crippen LogP contribution < -0.4 is 4.74 Å². The monoisotopic (exact) mass is 362 g/mol. The van der Waals surface area contributed by atoms with Gasteiger partial charge in [0.25, 0.3) is 0 Å². The lowest BCUT2D eigenvalue weighted by atomic mass is 9.99. The lowest BCUT2D eigenvalue weighted by Gasteiger charge is -2.09. The minimum absolute atomic E-state index is 0.00530. The summed E-state index contributed by atoms with van der Waals surface area (Å²) in [6.07, 6.45) is 0.776. The third-order valence-corrected chi connectivity index (χ3v) is 3.93. The maximum atomic E-state index is 12.7. The molecule has 3 nitrogen and oxygen atoms in total. The van der Waals surface area contributed by atoms with Gasteiger partial charge in [-0.2, -0.15) is 0 Å². The Bertz CT molecular complexity index is 680. The van der Waals surface area contributed by atoms with Crippen LogP contribution >= 0.6 is 15.9 Å². The van der Waals surface area contributed by atoms with E-state index in [-0.39, 0.29) is 5.78 Å². The molecule has 2 aromatic carbocycles. The van der Waals surface area contributed by atoms with Gasteiger partial charge in [0.2, 0.25) is 0 Å². The van der Waals surface area contributed by atoms with Gasteiger partial charge in [-0.3, -0.25) is 4.79 Å². The molecule has 22 heavy (non-hydrogen) atoms. The molecule has 0 spiro atoms. The Kier molecular flexibility index (Phi) is 5.75. The molecule has 0 amide bonds. The summed E-state index contributed by atoms with van der Waals surface area (Å²) in [5.74, 6) is 0.789. The van der Waals surface area contributed by atoms with Gasteiger partial charge in [-0.25, -0.2) is 0 Å². The second-order valence-electron chi connectivity index (χ2n) is 5.10. The number of rotatable bonds is 6. The molecule has 0 heterocycles. The summed E-state index contributed by atoms with van der Waals surface area (Å²) in [5, 5.41) is 0. The Morgan fingerprint density at radius 3 is 2.50 bits per heavy atom. The van der Waals surface area contributed by atoms with E-state index in [1.165, 1.54) is 0 Å². The quantitative estimate of drug-likeness (QED) is 0.722.